The Labute approximate surface area is 163 Å². The SMILES string of the molecule is CO/C=C(/OS(=O)(=O)C(F)(F)F)c1ccc(OCc2ccccc2)c([N+](=O)[O-])c1. The summed E-state index contributed by atoms with van der Waals surface area (Å²) < 4.78 is 74.2. The molecule has 2 aromatic rings. The van der Waals surface area contributed by atoms with Crippen LogP contribution in [0.5, 0.6) is 5.75 Å². The summed E-state index contributed by atoms with van der Waals surface area (Å²) in [5.74, 6) is -1.06. The molecule has 29 heavy (non-hydrogen) atoms. The fourth-order valence-electron chi connectivity index (χ4n) is 2.08. The number of alkyl halides is 3. The summed E-state index contributed by atoms with van der Waals surface area (Å²) in [6.07, 6.45) is 0.576. The molecular formula is C17H14F3NO7S. The lowest BCUT2D eigenvalue weighted by atomic mass is 10.1. The Kier molecular flexibility index (Phi) is 6.69. The molecule has 156 valence electrons. The third kappa shape index (κ3) is 5.60. The van der Waals surface area contributed by atoms with Gasteiger partial charge in [-0.25, -0.2) is 0 Å². The lowest BCUT2D eigenvalue weighted by Gasteiger charge is -2.13. The molecule has 0 radical (unpaired) electrons. The average molecular weight is 433 g/mol. The molecule has 0 bridgehead atoms. The first-order valence-electron chi connectivity index (χ1n) is 7.74. The van der Waals surface area contributed by atoms with Crippen LogP contribution < -0.4 is 4.74 Å². The second kappa shape index (κ2) is 8.82. The van der Waals surface area contributed by atoms with Crippen LogP contribution >= 0.6 is 0 Å². The van der Waals surface area contributed by atoms with Gasteiger partial charge in [-0.3, -0.25) is 10.1 Å². The minimum atomic E-state index is -6.01. The summed E-state index contributed by atoms with van der Waals surface area (Å²) >= 11 is 0. The number of rotatable bonds is 8. The van der Waals surface area contributed by atoms with Gasteiger partial charge in [-0.15, -0.1) is 0 Å². The van der Waals surface area contributed by atoms with E-state index in [0.717, 1.165) is 30.9 Å². The molecule has 0 N–H and O–H groups in total. The van der Waals surface area contributed by atoms with Crippen molar-refractivity contribution >= 4 is 21.6 Å². The van der Waals surface area contributed by atoms with Gasteiger partial charge in [0.05, 0.1) is 12.0 Å². The summed E-state index contributed by atoms with van der Waals surface area (Å²) in [5, 5.41) is 11.3. The molecule has 2 aromatic carbocycles. The fourth-order valence-corrected chi connectivity index (χ4v) is 2.55. The largest absolute Gasteiger partial charge is 0.534 e. The molecule has 0 saturated heterocycles. The van der Waals surface area contributed by atoms with E-state index in [1.165, 1.54) is 0 Å². The molecule has 0 unspecified atom stereocenters. The highest BCUT2D eigenvalue weighted by Crippen LogP contribution is 2.34. The normalized spacial score (nSPS) is 12.3. The first-order valence-corrected chi connectivity index (χ1v) is 9.15. The molecule has 0 aliphatic heterocycles. The molecule has 0 fully saturated rings. The number of hydrogen-bond acceptors (Lipinski definition) is 7. The van der Waals surface area contributed by atoms with E-state index >= 15 is 0 Å². The van der Waals surface area contributed by atoms with Crippen LogP contribution in [0.25, 0.3) is 5.76 Å². The van der Waals surface area contributed by atoms with E-state index in [4.69, 9.17) is 4.74 Å². The summed E-state index contributed by atoms with van der Waals surface area (Å²) in [4.78, 5) is 10.5. The summed E-state index contributed by atoms with van der Waals surface area (Å²) in [6, 6.07) is 11.8. The van der Waals surface area contributed by atoms with Crippen molar-refractivity contribution < 1.29 is 40.2 Å². The molecule has 0 aliphatic rings. The van der Waals surface area contributed by atoms with Crippen molar-refractivity contribution in [2.75, 3.05) is 7.11 Å². The number of methoxy groups -OCH3 is 1. The lowest BCUT2D eigenvalue weighted by Crippen LogP contribution is -2.25. The monoisotopic (exact) mass is 433 g/mol. The van der Waals surface area contributed by atoms with Crippen LogP contribution in [0.1, 0.15) is 11.1 Å². The van der Waals surface area contributed by atoms with Gasteiger partial charge in [0.2, 0.25) is 0 Å². The van der Waals surface area contributed by atoms with Crippen LogP contribution in [0, 0.1) is 10.1 Å². The Balaban J connectivity index is 2.36. The van der Waals surface area contributed by atoms with Crippen LogP contribution in [0.15, 0.2) is 54.8 Å². The molecule has 2 rings (SSSR count). The maximum Gasteiger partial charge on any atom is 0.534 e. The van der Waals surface area contributed by atoms with Crippen molar-refractivity contribution in [2.24, 2.45) is 0 Å². The van der Waals surface area contributed by atoms with E-state index in [-0.39, 0.29) is 17.9 Å². The third-order valence-electron chi connectivity index (χ3n) is 3.39. The van der Waals surface area contributed by atoms with Crippen molar-refractivity contribution in [1.29, 1.82) is 0 Å². The van der Waals surface area contributed by atoms with E-state index in [2.05, 4.69) is 8.92 Å². The zero-order valence-electron chi connectivity index (χ0n) is 14.8. The summed E-state index contributed by atoms with van der Waals surface area (Å²) in [5.41, 5.74) is -5.90. The second-order valence-corrected chi connectivity index (χ2v) is 6.95. The molecule has 0 spiro atoms. The van der Waals surface area contributed by atoms with Gasteiger partial charge in [0.15, 0.2) is 11.5 Å². The van der Waals surface area contributed by atoms with Gasteiger partial charge < -0.3 is 13.7 Å². The number of nitro benzene ring substituents is 1. The van der Waals surface area contributed by atoms with Crippen molar-refractivity contribution in [3.05, 3.63) is 76.0 Å². The van der Waals surface area contributed by atoms with Crippen LogP contribution in [0.2, 0.25) is 0 Å². The van der Waals surface area contributed by atoms with Crippen molar-refractivity contribution in [2.45, 2.75) is 12.1 Å². The van der Waals surface area contributed by atoms with Crippen molar-refractivity contribution in [1.82, 2.24) is 0 Å². The lowest BCUT2D eigenvalue weighted by molar-refractivity contribution is -0.386. The number of benzene rings is 2. The quantitative estimate of drug-likeness (QED) is 0.204. The van der Waals surface area contributed by atoms with Gasteiger partial charge in [-0.05, 0) is 17.7 Å². The molecule has 0 amide bonds. The standard InChI is InChI=1S/C17H14F3NO7S/c1-26-11-16(28-29(24,25)17(18,19)20)13-7-8-15(14(9-13)21(22)23)27-10-12-5-3-2-4-6-12/h2-9,11H,10H2,1H3/b16-11+. The Morgan fingerprint density at radius 3 is 2.38 bits per heavy atom. The predicted molar refractivity (Wildman–Crippen MR) is 94.9 cm³/mol. The van der Waals surface area contributed by atoms with E-state index in [9.17, 15) is 31.7 Å². The first kappa shape index (κ1) is 22.0. The number of halogens is 3. The Morgan fingerprint density at radius 2 is 1.83 bits per heavy atom. The van der Waals surface area contributed by atoms with Gasteiger partial charge >= 0.3 is 21.3 Å². The third-order valence-corrected chi connectivity index (χ3v) is 4.35. The van der Waals surface area contributed by atoms with Gasteiger partial charge in [0.1, 0.15) is 12.9 Å². The van der Waals surface area contributed by atoms with Gasteiger partial charge in [-0.1, -0.05) is 30.3 Å². The Morgan fingerprint density at radius 1 is 1.17 bits per heavy atom. The van der Waals surface area contributed by atoms with Crippen molar-refractivity contribution in [3.8, 4) is 5.75 Å². The van der Waals surface area contributed by atoms with Gasteiger partial charge in [0, 0.05) is 11.6 Å². The van der Waals surface area contributed by atoms with Crippen LogP contribution in [-0.4, -0.2) is 26.0 Å². The second-order valence-electron chi connectivity index (χ2n) is 5.41. The topological polar surface area (TPSA) is 105 Å². The van der Waals surface area contributed by atoms with Gasteiger partial charge in [0.25, 0.3) is 0 Å². The number of hydrogen-bond donors (Lipinski definition) is 0. The Bertz CT molecular complexity index is 1010. The van der Waals surface area contributed by atoms with Crippen molar-refractivity contribution in [3.63, 3.8) is 0 Å². The molecule has 0 atom stereocenters. The zero-order chi connectivity index (χ0) is 21.7. The van der Waals surface area contributed by atoms with Crippen LogP contribution in [0.4, 0.5) is 18.9 Å². The first-order chi connectivity index (χ1) is 13.5. The summed E-state index contributed by atoms with van der Waals surface area (Å²) in [6.45, 7) is 0.000741. The number of ether oxygens (including phenoxy) is 2. The highest BCUT2D eigenvalue weighted by Gasteiger charge is 2.49. The minimum Gasteiger partial charge on any atom is -0.500 e. The zero-order valence-corrected chi connectivity index (χ0v) is 15.6. The molecule has 8 nitrogen and oxygen atoms in total. The maximum absolute atomic E-state index is 12.6. The highest BCUT2D eigenvalue weighted by atomic mass is 32.2. The minimum absolute atomic E-state index is 0.000741. The van der Waals surface area contributed by atoms with E-state index in [1.54, 1.807) is 30.3 Å². The number of nitrogens with zero attached hydrogens (tertiary/aromatic N) is 1. The predicted octanol–water partition coefficient (Wildman–Crippen LogP) is 3.98. The highest BCUT2D eigenvalue weighted by molar-refractivity contribution is 7.87. The summed E-state index contributed by atoms with van der Waals surface area (Å²) in [7, 11) is -4.97. The average Bonchev–Trinajstić information content (AvgIpc) is 2.65. The van der Waals surface area contributed by atoms with E-state index in [0.29, 0.717) is 6.26 Å². The Hall–Kier alpha value is -3.28. The molecular weight excluding hydrogens is 419 g/mol. The van der Waals surface area contributed by atoms with Gasteiger partial charge in [-0.2, -0.15) is 21.6 Å². The molecule has 12 heteroatoms. The van der Waals surface area contributed by atoms with E-state index < -0.39 is 32.0 Å². The van der Waals surface area contributed by atoms with Crippen LogP contribution in [0.3, 0.4) is 0 Å². The maximum atomic E-state index is 12.6. The molecule has 0 aliphatic carbocycles. The molecule has 0 heterocycles. The van der Waals surface area contributed by atoms with Crippen LogP contribution in [-0.2, 0) is 25.6 Å². The molecule has 0 aromatic heterocycles. The molecule has 0 saturated carbocycles. The van der Waals surface area contributed by atoms with E-state index in [1.807, 2.05) is 0 Å². The fraction of sp³-hybridized carbons (Fsp3) is 0.176. The number of nitro groups is 1. The smallest absolute Gasteiger partial charge is 0.500 e.